The van der Waals surface area contributed by atoms with Gasteiger partial charge in [0.25, 0.3) is 0 Å². The maximum absolute atomic E-state index is 11.8. The standard InChI is InChI=1S/C14H29N3O/c1-14(2,11-15)8-6-10-17-9-5-4-7-12(17)13(18)16-3/h12H,4-11,15H2,1-3H3,(H,16,18). The lowest BCUT2D eigenvalue weighted by Crippen LogP contribution is -2.49. The Morgan fingerprint density at radius 3 is 2.78 bits per heavy atom. The van der Waals surface area contributed by atoms with E-state index < -0.39 is 0 Å². The molecule has 3 N–H and O–H groups in total. The first-order valence-corrected chi connectivity index (χ1v) is 7.16. The van der Waals surface area contributed by atoms with E-state index in [-0.39, 0.29) is 17.4 Å². The highest BCUT2D eigenvalue weighted by Crippen LogP contribution is 2.23. The highest BCUT2D eigenvalue weighted by molar-refractivity contribution is 5.81. The van der Waals surface area contributed by atoms with Gasteiger partial charge in [-0.1, -0.05) is 20.3 Å². The third-order valence-corrected chi connectivity index (χ3v) is 4.01. The lowest BCUT2D eigenvalue weighted by molar-refractivity contribution is -0.127. The predicted molar refractivity (Wildman–Crippen MR) is 75.3 cm³/mol. The van der Waals surface area contributed by atoms with Crippen LogP contribution in [0.15, 0.2) is 0 Å². The van der Waals surface area contributed by atoms with E-state index in [9.17, 15) is 4.79 Å². The summed E-state index contributed by atoms with van der Waals surface area (Å²) in [6.07, 6.45) is 5.63. The van der Waals surface area contributed by atoms with Crippen molar-refractivity contribution in [2.45, 2.75) is 52.0 Å². The van der Waals surface area contributed by atoms with Gasteiger partial charge in [-0.2, -0.15) is 0 Å². The van der Waals surface area contributed by atoms with Crippen molar-refractivity contribution >= 4 is 5.91 Å². The van der Waals surface area contributed by atoms with Crippen molar-refractivity contribution in [3.63, 3.8) is 0 Å². The van der Waals surface area contributed by atoms with Crippen LogP contribution in [0.2, 0.25) is 0 Å². The Hall–Kier alpha value is -0.610. The number of likely N-dealkylation sites (N-methyl/N-ethyl adjacent to an activating group) is 1. The molecule has 0 bridgehead atoms. The second-order valence-corrected chi connectivity index (χ2v) is 6.13. The second kappa shape index (κ2) is 7.10. The molecule has 1 fully saturated rings. The summed E-state index contributed by atoms with van der Waals surface area (Å²) < 4.78 is 0. The van der Waals surface area contributed by atoms with Gasteiger partial charge in [-0.25, -0.2) is 0 Å². The van der Waals surface area contributed by atoms with Gasteiger partial charge >= 0.3 is 0 Å². The van der Waals surface area contributed by atoms with Crippen LogP contribution in [-0.2, 0) is 4.79 Å². The van der Waals surface area contributed by atoms with Crippen LogP contribution in [0, 0.1) is 5.41 Å². The summed E-state index contributed by atoms with van der Waals surface area (Å²) in [5.41, 5.74) is 5.97. The normalized spacial score (nSPS) is 21.9. The van der Waals surface area contributed by atoms with Crippen LogP contribution < -0.4 is 11.1 Å². The van der Waals surface area contributed by atoms with E-state index in [1.807, 2.05) is 0 Å². The van der Waals surface area contributed by atoms with Gasteiger partial charge in [-0.3, -0.25) is 9.69 Å². The molecule has 0 spiro atoms. The quantitative estimate of drug-likeness (QED) is 0.753. The van der Waals surface area contributed by atoms with Crippen LogP contribution in [0.5, 0.6) is 0 Å². The van der Waals surface area contributed by atoms with Crippen LogP contribution in [0.1, 0.15) is 46.0 Å². The van der Waals surface area contributed by atoms with E-state index in [2.05, 4.69) is 24.1 Å². The topological polar surface area (TPSA) is 58.4 Å². The Morgan fingerprint density at radius 2 is 2.17 bits per heavy atom. The molecular weight excluding hydrogens is 226 g/mol. The number of nitrogens with one attached hydrogen (secondary N) is 1. The molecule has 18 heavy (non-hydrogen) atoms. The van der Waals surface area contributed by atoms with E-state index in [4.69, 9.17) is 5.73 Å². The van der Waals surface area contributed by atoms with Gasteiger partial charge in [-0.05, 0) is 50.7 Å². The van der Waals surface area contributed by atoms with Crippen LogP contribution >= 0.6 is 0 Å². The molecule has 1 rings (SSSR count). The number of piperidine rings is 1. The highest BCUT2D eigenvalue weighted by Gasteiger charge is 2.27. The number of amides is 1. The maximum Gasteiger partial charge on any atom is 0.237 e. The third-order valence-electron chi connectivity index (χ3n) is 4.01. The molecule has 1 unspecified atom stereocenters. The third kappa shape index (κ3) is 4.58. The summed E-state index contributed by atoms with van der Waals surface area (Å²) in [5.74, 6) is 0.174. The minimum absolute atomic E-state index is 0.0877. The number of nitrogens with zero attached hydrogens (tertiary/aromatic N) is 1. The minimum atomic E-state index is 0.0877. The van der Waals surface area contributed by atoms with E-state index in [1.165, 1.54) is 12.8 Å². The van der Waals surface area contributed by atoms with Crippen LogP contribution in [0.4, 0.5) is 0 Å². The molecule has 4 heteroatoms. The summed E-state index contributed by atoms with van der Waals surface area (Å²) in [5, 5.41) is 2.78. The number of carbonyl (C=O) groups is 1. The van der Waals surface area contributed by atoms with Crippen molar-refractivity contribution in [2.75, 3.05) is 26.7 Å². The van der Waals surface area contributed by atoms with Crippen molar-refractivity contribution in [2.24, 2.45) is 11.1 Å². The molecule has 0 saturated carbocycles. The number of rotatable bonds is 6. The molecule has 1 aliphatic rings. The maximum atomic E-state index is 11.8. The van der Waals surface area contributed by atoms with Crippen LogP contribution in [-0.4, -0.2) is 43.5 Å². The Balaban J connectivity index is 2.40. The van der Waals surface area contributed by atoms with E-state index in [1.54, 1.807) is 7.05 Å². The zero-order chi connectivity index (χ0) is 13.6. The van der Waals surface area contributed by atoms with Crippen molar-refractivity contribution < 1.29 is 4.79 Å². The van der Waals surface area contributed by atoms with Gasteiger partial charge in [0.2, 0.25) is 5.91 Å². The highest BCUT2D eigenvalue weighted by atomic mass is 16.2. The molecule has 1 saturated heterocycles. The Morgan fingerprint density at radius 1 is 1.44 bits per heavy atom. The molecule has 1 heterocycles. The fourth-order valence-corrected chi connectivity index (χ4v) is 2.58. The first-order valence-electron chi connectivity index (χ1n) is 7.16. The zero-order valence-corrected chi connectivity index (χ0v) is 12.2. The van der Waals surface area contributed by atoms with Gasteiger partial charge in [-0.15, -0.1) is 0 Å². The molecule has 4 nitrogen and oxygen atoms in total. The van der Waals surface area contributed by atoms with Gasteiger partial charge in [0.1, 0.15) is 0 Å². The lowest BCUT2D eigenvalue weighted by Gasteiger charge is -2.35. The van der Waals surface area contributed by atoms with Crippen LogP contribution in [0.25, 0.3) is 0 Å². The SMILES string of the molecule is CNC(=O)C1CCCCN1CCCC(C)(C)CN. The lowest BCUT2D eigenvalue weighted by atomic mass is 9.88. The average Bonchev–Trinajstić information content (AvgIpc) is 2.38. The Kier molecular flexibility index (Phi) is 6.09. The first kappa shape index (κ1) is 15.4. The fourth-order valence-electron chi connectivity index (χ4n) is 2.58. The average molecular weight is 255 g/mol. The number of carbonyl (C=O) groups excluding carboxylic acids is 1. The molecule has 0 aromatic heterocycles. The molecule has 1 amide bonds. The van der Waals surface area contributed by atoms with E-state index >= 15 is 0 Å². The Bertz CT molecular complexity index is 266. The Labute approximate surface area is 111 Å². The van der Waals surface area contributed by atoms with E-state index in [0.29, 0.717) is 0 Å². The first-order chi connectivity index (χ1) is 8.50. The predicted octanol–water partition coefficient (Wildman–Crippen LogP) is 1.35. The van der Waals surface area contributed by atoms with Gasteiger partial charge < -0.3 is 11.1 Å². The summed E-state index contributed by atoms with van der Waals surface area (Å²) in [4.78, 5) is 14.2. The second-order valence-electron chi connectivity index (χ2n) is 6.13. The molecule has 1 aliphatic heterocycles. The van der Waals surface area contributed by atoms with Crippen molar-refractivity contribution in [1.82, 2.24) is 10.2 Å². The molecule has 106 valence electrons. The van der Waals surface area contributed by atoms with Crippen LogP contribution in [0.3, 0.4) is 0 Å². The molecular formula is C14H29N3O. The minimum Gasteiger partial charge on any atom is -0.358 e. The molecule has 1 atom stereocenters. The summed E-state index contributed by atoms with van der Waals surface area (Å²) in [6.45, 7) is 7.22. The number of hydrogen-bond acceptors (Lipinski definition) is 3. The summed E-state index contributed by atoms with van der Waals surface area (Å²) in [7, 11) is 1.73. The number of nitrogens with two attached hydrogens (primary N) is 1. The molecule has 0 radical (unpaired) electrons. The van der Waals surface area contributed by atoms with Gasteiger partial charge in [0.15, 0.2) is 0 Å². The van der Waals surface area contributed by atoms with Gasteiger partial charge in [0.05, 0.1) is 6.04 Å². The van der Waals surface area contributed by atoms with Crippen molar-refractivity contribution in [3.05, 3.63) is 0 Å². The number of hydrogen-bond donors (Lipinski definition) is 2. The molecule has 0 aromatic rings. The summed E-state index contributed by atoms with van der Waals surface area (Å²) >= 11 is 0. The van der Waals surface area contributed by atoms with Gasteiger partial charge in [0, 0.05) is 7.05 Å². The van der Waals surface area contributed by atoms with Crippen molar-refractivity contribution in [3.8, 4) is 0 Å². The molecule has 0 aliphatic carbocycles. The van der Waals surface area contributed by atoms with E-state index in [0.717, 1.165) is 38.9 Å². The fraction of sp³-hybridized carbons (Fsp3) is 0.929. The monoisotopic (exact) mass is 255 g/mol. The largest absolute Gasteiger partial charge is 0.358 e. The smallest absolute Gasteiger partial charge is 0.237 e. The summed E-state index contributed by atoms with van der Waals surface area (Å²) in [6, 6.07) is 0.0877. The van der Waals surface area contributed by atoms with Crippen molar-refractivity contribution in [1.29, 1.82) is 0 Å². The number of likely N-dealkylation sites (tertiary alicyclic amines) is 1. The molecule has 0 aromatic carbocycles. The zero-order valence-electron chi connectivity index (χ0n) is 12.2.